The predicted octanol–water partition coefficient (Wildman–Crippen LogP) is 2.75. The lowest BCUT2D eigenvalue weighted by Crippen LogP contribution is -2.57. The van der Waals surface area contributed by atoms with E-state index in [4.69, 9.17) is 9.47 Å². The van der Waals surface area contributed by atoms with Crippen molar-refractivity contribution in [2.75, 3.05) is 27.3 Å². The van der Waals surface area contributed by atoms with Gasteiger partial charge in [0.05, 0.1) is 19.5 Å². The van der Waals surface area contributed by atoms with Crippen molar-refractivity contribution in [3.8, 4) is 11.5 Å². The van der Waals surface area contributed by atoms with Gasteiger partial charge in [0.15, 0.2) is 6.04 Å². The molecule has 3 amide bonds. The molecule has 0 bridgehead atoms. The van der Waals surface area contributed by atoms with E-state index in [0.29, 0.717) is 19.3 Å². The van der Waals surface area contributed by atoms with Crippen LogP contribution >= 0.6 is 12.6 Å². The van der Waals surface area contributed by atoms with Gasteiger partial charge in [-0.3, -0.25) is 14.4 Å². The minimum Gasteiger partial charge on any atom is -0.497 e. The van der Waals surface area contributed by atoms with Crippen molar-refractivity contribution in [3.05, 3.63) is 95.6 Å². The number of benzene rings is 3. The molecule has 0 aliphatic carbocycles. The third-order valence-corrected chi connectivity index (χ3v) is 6.50. The van der Waals surface area contributed by atoms with Gasteiger partial charge in [-0.05, 0) is 60.2 Å². The van der Waals surface area contributed by atoms with Gasteiger partial charge in [-0.25, -0.2) is 0 Å². The Kier molecular flexibility index (Phi) is 11.7. The predicted molar refractivity (Wildman–Crippen MR) is 154 cm³/mol. The molecule has 0 aromatic heterocycles. The molecule has 0 saturated heterocycles. The number of nitrogens with one attached hydrogen (secondary N) is 3. The normalized spacial score (nSPS) is 11.4. The fourth-order valence-corrected chi connectivity index (χ4v) is 4.22. The third-order valence-electron chi connectivity index (χ3n) is 6.08. The van der Waals surface area contributed by atoms with E-state index in [1.165, 1.54) is 0 Å². The summed E-state index contributed by atoms with van der Waals surface area (Å²) in [5, 5.41) is 7.40. The van der Waals surface area contributed by atoms with E-state index in [1.54, 1.807) is 14.2 Å². The smallest absolute Gasteiger partial charge is 0.252 e. The minimum atomic E-state index is -1.40. The van der Waals surface area contributed by atoms with Crippen LogP contribution in [-0.4, -0.2) is 56.3 Å². The topological polar surface area (TPSA) is 106 Å². The van der Waals surface area contributed by atoms with Crippen LogP contribution in [-0.2, 0) is 33.6 Å². The number of amides is 3. The van der Waals surface area contributed by atoms with Gasteiger partial charge in [0.2, 0.25) is 5.91 Å². The summed E-state index contributed by atoms with van der Waals surface area (Å²) in [6.45, 7) is 0.563. The van der Waals surface area contributed by atoms with Crippen LogP contribution < -0.4 is 25.4 Å². The Labute approximate surface area is 234 Å². The maximum Gasteiger partial charge on any atom is 0.252 e. The molecular weight excluding hydrogens is 514 g/mol. The molecule has 0 aliphatic rings. The van der Waals surface area contributed by atoms with Crippen LogP contribution in [0.2, 0.25) is 0 Å². The summed E-state index contributed by atoms with van der Waals surface area (Å²) in [7, 11) is 3.18. The Morgan fingerprint density at radius 3 is 1.67 bits per heavy atom. The molecule has 1 unspecified atom stereocenters. The second kappa shape index (κ2) is 15.4. The molecule has 0 spiro atoms. The molecule has 0 heterocycles. The molecule has 39 heavy (non-hydrogen) atoms. The quantitative estimate of drug-likeness (QED) is 0.183. The van der Waals surface area contributed by atoms with E-state index in [0.717, 1.165) is 28.2 Å². The molecule has 0 saturated carbocycles. The lowest BCUT2D eigenvalue weighted by atomic mass is 10.1. The number of thiol groups is 1. The van der Waals surface area contributed by atoms with Crippen LogP contribution in [0.15, 0.2) is 78.9 Å². The van der Waals surface area contributed by atoms with Gasteiger partial charge in [0.1, 0.15) is 11.5 Å². The van der Waals surface area contributed by atoms with E-state index in [9.17, 15) is 14.4 Å². The van der Waals surface area contributed by atoms with Crippen molar-refractivity contribution in [2.45, 2.75) is 30.6 Å². The summed E-state index contributed by atoms with van der Waals surface area (Å²) in [4.78, 5) is 39.1. The van der Waals surface area contributed by atoms with E-state index in [-0.39, 0.29) is 13.1 Å². The number of carbonyl (C=O) groups excluding carboxylic acids is 3. The maximum atomic E-state index is 13.1. The molecule has 3 aromatic rings. The zero-order valence-electron chi connectivity index (χ0n) is 22.2. The van der Waals surface area contributed by atoms with Gasteiger partial charge < -0.3 is 25.4 Å². The zero-order valence-corrected chi connectivity index (χ0v) is 23.1. The molecule has 3 rings (SSSR count). The second-order valence-corrected chi connectivity index (χ2v) is 9.56. The number of ether oxygens (including phenoxy) is 2. The fraction of sp³-hybridized carbons (Fsp3) is 0.300. The van der Waals surface area contributed by atoms with Gasteiger partial charge >= 0.3 is 0 Å². The molecule has 0 radical (unpaired) electrons. The average Bonchev–Trinajstić information content (AvgIpc) is 2.96. The van der Waals surface area contributed by atoms with Crippen molar-refractivity contribution in [2.24, 2.45) is 0 Å². The van der Waals surface area contributed by atoms with Crippen LogP contribution in [0.5, 0.6) is 11.5 Å². The van der Waals surface area contributed by atoms with Gasteiger partial charge in [-0.1, -0.05) is 54.6 Å². The number of methoxy groups -OCH3 is 2. The Bertz CT molecular complexity index is 1170. The van der Waals surface area contributed by atoms with E-state index >= 15 is 0 Å². The number of hydrogen-bond donors (Lipinski definition) is 4. The minimum absolute atomic E-state index is 0.282. The summed E-state index contributed by atoms with van der Waals surface area (Å²) in [6.07, 6.45) is 1.42. The largest absolute Gasteiger partial charge is 0.497 e. The standard InChI is InChI=1S/C30H35N3O5S/c1-37-24-12-6-10-22(18-24)14-16-31-29(35)27(33-28(34)26(39)20-21-8-4-3-5-9-21)30(36)32-17-15-23-11-7-13-25(19-23)38-2/h3-13,18-19,26-27,39H,14-17,20H2,1-2H3,(H,31,35)(H,32,36)(H,33,34). The van der Waals surface area contributed by atoms with Crippen LogP contribution in [0, 0.1) is 0 Å². The Hall–Kier alpha value is -3.98. The van der Waals surface area contributed by atoms with Gasteiger partial charge in [-0.15, -0.1) is 0 Å². The van der Waals surface area contributed by atoms with Crippen molar-refractivity contribution in [1.82, 2.24) is 16.0 Å². The zero-order chi connectivity index (χ0) is 28.0. The first kappa shape index (κ1) is 29.6. The lowest BCUT2D eigenvalue weighted by molar-refractivity contribution is -0.136. The summed E-state index contributed by atoms with van der Waals surface area (Å²) >= 11 is 4.42. The van der Waals surface area contributed by atoms with Gasteiger partial charge in [0, 0.05) is 13.1 Å². The molecule has 3 N–H and O–H groups in total. The Morgan fingerprint density at radius 1 is 0.692 bits per heavy atom. The fourth-order valence-electron chi connectivity index (χ4n) is 3.94. The summed E-state index contributed by atoms with van der Waals surface area (Å²) in [5.41, 5.74) is 2.86. The number of hydrogen-bond acceptors (Lipinski definition) is 6. The van der Waals surface area contributed by atoms with Crippen LogP contribution in [0.25, 0.3) is 0 Å². The van der Waals surface area contributed by atoms with Gasteiger partial charge in [0.25, 0.3) is 11.8 Å². The second-order valence-electron chi connectivity index (χ2n) is 8.93. The third kappa shape index (κ3) is 9.68. The first-order chi connectivity index (χ1) is 18.9. The summed E-state index contributed by atoms with van der Waals surface area (Å²) in [5.74, 6) is -0.246. The van der Waals surface area contributed by atoms with Crippen molar-refractivity contribution in [1.29, 1.82) is 0 Å². The Morgan fingerprint density at radius 2 is 1.18 bits per heavy atom. The first-order valence-corrected chi connectivity index (χ1v) is 13.2. The molecule has 8 nitrogen and oxygen atoms in total. The molecule has 3 aromatic carbocycles. The van der Waals surface area contributed by atoms with Crippen molar-refractivity contribution < 1.29 is 23.9 Å². The number of carbonyl (C=O) groups is 3. The summed E-state index contributed by atoms with van der Waals surface area (Å²) in [6, 6.07) is 23.1. The van der Waals surface area contributed by atoms with Crippen LogP contribution in [0.4, 0.5) is 0 Å². The molecule has 206 valence electrons. The lowest BCUT2D eigenvalue weighted by Gasteiger charge is -2.20. The molecular formula is C30H35N3O5S. The molecule has 1 atom stereocenters. The van der Waals surface area contributed by atoms with E-state index in [1.807, 2.05) is 78.9 Å². The SMILES string of the molecule is COc1cccc(CCNC(=O)C(NC(=O)C(S)Cc2ccccc2)C(=O)NCCc2cccc(OC)c2)c1. The van der Waals surface area contributed by atoms with Gasteiger partial charge in [-0.2, -0.15) is 12.6 Å². The van der Waals surface area contributed by atoms with E-state index in [2.05, 4.69) is 28.6 Å². The molecule has 0 aliphatic heterocycles. The van der Waals surface area contributed by atoms with Crippen LogP contribution in [0.1, 0.15) is 16.7 Å². The maximum absolute atomic E-state index is 13.1. The van der Waals surface area contributed by atoms with Crippen LogP contribution in [0.3, 0.4) is 0 Å². The van der Waals surface area contributed by atoms with Crippen molar-refractivity contribution in [3.63, 3.8) is 0 Å². The Balaban J connectivity index is 1.62. The first-order valence-electron chi connectivity index (χ1n) is 12.7. The molecule has 0 fully saturated rings. The van der Waals surface area contributed by atoms with E-state index < -0.39 is 29.0 Å². The molecule has 9 heteroatoms. The highest BCUT2D eigenvalue weighted by Crippen LogP contribution is 2.14. The highest BCUT2D eigenvalue weighted by Gasteiger charge is 2.30. The monoisotopic (exact) mass is 549 g/mol. The highest BCUT2D eigenvalue weighted by atomic mass is 32.1. The number of rotatable bonds is 14. The van der Waals surface area contributed by atoms with Crippen molar-refractivity contribution >= 4 is 30.4 Å². The average molecular weight is 550 g/mol. The highest BCUT2D eigenvalue weighted by molar-refractivity contribution is 7.81. The summed E-state index contributed by atoms with van der Waals surface area (Å²) < 4.78 is 10.5.